The Balaban J connectivity index is 1.97. The van der Waals surface area contributed by atoms with Gasteiger partial charge in [0.05, 0.1) is 0 Å². The summed E-state index contributed by atoms with van der Waals surface area (Å²) in [6.07, 6.45) is 0.847. The second kappa shape index (κ2) is 6.79. The predicted octanol–water partition coefficient (Wildman–Crippen LogP) is 2.10. The lowest BCUT2D eigenvalue weighted by molar-refractivity contribution is -0.119. The van der Waals surface area contributed by atoms with Gasteiger partial charge in [-0.25, -0.2) is 0 Å². The largest absolute Gasteiger partial charge is 0.342 e. The quantitative estimate of drug-likeness (QED) is 0.630. The predicted molar refractivity (Wildman–Crippen MR) is 81.0 cm³/mol. The van der Waals surface area contributed by atoms with E-state index in [1.807, 2.05) is 29.2 Å². The summed E-state index contributed by atoms with van der Waals surface area (Å²) in [5.74, 6) is 0.0524. The maximum Gasteiger partial charge on any atom is 0.253 e. The van der Waals surface area contributed by atoms with E-state index >= 15 is 0 Å². The number of benzene rings is 1. The van der Waals surface area contributed by atoms with Crippen LogP contribution in [0.3, 0.4) is 0 Å². The fourth-order valence-corrected chi connectivity index (χ4v) is 3.00. The molecule has 0 aliphatic carbocycles. The number of hydrogen-bond acceptors (Lipinski definition) is 3. The van der Waals surface area contributed by atoms with Gasteiger partial charge in [0.25, 0.3) is 5.91 Å². The van der Waals surface area contributed by atoms with Crippen LogP contribution >= 0.6 is 11.8 Å². The van der Waals surface area contributed by atoms with Gasteiger partial charge in [-0.2, -0.15) is 0 Å². The zero-order valence-corrected chi connectivity index (χ0v) is 12.7. The molecule has 4 nitrogen and oxygen atoms in total. The Morgan fingerprint density at radius 1 is 1.15 bits per heavy atom. The minimum Gasteiger partial charge on any atom is -0.342 e. The molecule has 0 unspecified atom stereocenters. The Morgan fingerprint density at radius 2 is 1.75 bits per heavy atom. The molecule has 1 heterocycles. The number of carbonyl (C=O) groups excluding carboxylic acids is 2. The molecule has 1 fully saturated rings. The molecule has 2 amide bonds. The first-order valence-corrected chi connectivity index (χ1v) is 7.73. The molecule has 1 aromatic rings. The molecule has 0 spiro atoms. The topological polar surface area (TPSA) is 40.6 Å². The van der Waals surface area contributed by atoms with Crippen molar-refractivity contribution < 1.29 is 9.59 Å². The molecule has 0 radical (unpaired) electrons. The minimum absolute atomic E-state index is 0.0524. The van der Waals surface area contributed by atoms with Crippen molar-refractivity contribution in [3.8, 4) is 0 Å². The van der Waals surface area contributed by atoms with E-state index in [0.717, 1.165) is 12.0 Å². The standard InChI is InChI=1S/C15H20N2O2S/c1-12(2)20-14-5-3-13(4-6-14)15(19)17-9-7-16(11-18)8-10-17/h3-6,11-12H,7-10H2,1-2H3. The van der Waals surface area contributed by atoms with Gasteiger partial charge >= 0.3 is 0 Å². The van der Waals surface area contributed by atoms with Crippen LogP contribution in [0.4, 0.5) is 0 Å². The van der Waals surface area contributed by atoms with Crippen LogP contribution in [0.15, 0.2) is 29.2 Å². The van der Waals surface area contributed by atoms with Crippen molar-refractivity contribution in [2.45, 2.75) is 24.0 Å². The van der Waals surface area contributed by atoms with Crippen LogP contribution in [0.25, 0.3) is 0 Å². The smallest absolute Gasteiger partial charge is 0.253 e. The lowest BCUT2D eigenvalue weighted by atomic mass is 10.2. The molecule has 1 aliphatic heterocycles. The van der Waals surface area contributed by atoms with Gasteiger partial charge in [-0.05, 0) is 24.3 Å². The molecule has 1 aliphatic rings. The molecule has 1 aromatic carbocycles. The summed E-state index contributed by atoms with van der Waals surface area (Å²) in [5, 5.41) is 0.535. The van der Waals surface area contributed by atoms with E-state index in [2.05, 4.69) is 13.8 Å². The fourth-order valence-electron chi connectivity index (χ4n) is 2.16. The molecule has 0 bridgehead atoms. The Bertz CT molecular complexity index is 465. The first-order valence-electron chi connectivity index (χ1n) is 6.85. The number of amides is 2. The number of thioether (sulfide) groups is 1. The third kappa shape index (κ3) is 3.76. The number of rotatable bonds is 4. The molecule has 108 valence electrons. The summed E-state index contributed by atoms with van der Waals surface area (Å²) in [4.78, 5) is 27.7. The Morgan fingerprint density at radius 3 is 2.25 bits per heavy atom. The monoisotopic (exact) mass is 292 g/mol. The van der Waals surface area contributed by atoms with E-state index in [1.54, 1.807) is 16.7 Å². The second-order valence-corrected chi connectivity index (χ2v) is 6.77. The summed E-state index contributed by atoms with van der Waals surface area (Å²) in [7, 11) is 0. The average Bonchev–Trinajstić information content (AvgIpc) is 2.47. The molecule has 0 N–H and O–H groups in total. The van der Waals surface area contributed by atoms with Crippen molar-refractivity contribution >= 4 is 24.1 Å². The second-order valence-electron chi connectivity index (χ2n) is 5.12. The summed E-state index contributed by atoms with van der Waals surface area (Å²) in [6, 6.07) is 7.78. The summed E-state index contributed by atoms with van der Waals surface area (Å²) in [6.45, 7) is 6.76. The Kier molecular flexibility index (Phi) is 5.06. The highest BCUT2D eigenvalue weighted by Crippen LogP contribution is 2.23. The zero-order chi connectivity index (χ0) is 14.5. The van der Waals surface area contributed by atoms with Crippen LogP contribution < -0.4 is 0 Å². The van der Waals surface area contributed by atoms with E-state index in [1.165, 1.54) is 4.90 Å². The van der Waals surface area contributed by atoms with Gasteiger partial charge in [0.2, 0.25) is 6.41 Å². The Labute approximate surface area is 124 Å². The van der Waals surface area contributed by atoms with Crippen LogP contribution in [-0.2, 0) is 4.79 Å². The number of piperazine rings is 1. The average molecular weight is 292 g/mol. The zero-order valence-electron chi connectivity index (χ0n) is 11.9. The van der Waals surface area contributed by atoms with E-state index < -0.39 is 0 Å². The lowest BCUT2D eigenvalue weighted by Gasteiger charge is -2.32. The third-order valence-electron chi connectivity index (χ3n) is 3.22. The molecule has 1 saturated heterocycles. The van der Waals surface area contributed by atoms with Crippen molar-refractivity contribution in [1.29, 1.82) is 0 Å². The first-order chi connectivity index (χ1) is 9.60. The first kappa shape index (κ1) is 14.9. The van der Waals surface area contributed by atoms with Crippen molar-refractivity contribution in [1.82, 2.24) is 9.80 Å². The molecular formula is C15H20N2O2S. The molecule has 0 aromatic heterocycles. The van der Waals surface area contributed by atoms with Gasteiger partial charge in [-0.3, -0.25) is 9.59 Å². The van der Waals surface area contributed by atoms with Gasteiger partial charge in [-0.1, -0.05) is 13.8 Å². The van der Waals surface area contributed by atoms with Crippen LogP contribution in [0.2, 0.25) is 0 Å². The highest BCUT2D eigenvalue weighted by Gasteiger charge is 2.21. The highest BCUT2D eigenvalue weighted by molar-refractivity contribution is 7.99. The summed E-state index contributed by atoms with van der Waals surface area (Å²) in [5.41, 5.74) is 0.720. The molecule has 2 rings (SSSR count). The van der Waals surface area contributed by atoms with Gasteiger partial charge in [0.1, 0.15) is 0 Å². The molecular weight excluding hydrogens is 272 g/mol. The summed E-state index contributed by atoms with van der Waals surface area (Å²) < 4.78 is 0. The van der Waals surface area contributed by atoms with Gasteiger partial charge in [0, 0.05) is 41.9 Å². The number of carbonyl (C=O) groups is 2. The lowest BCUT2D eigenvalue weighted by Crippen LogP contribution is -2.48. The van der Waals surface area contributed by atoms with Crippen LogP contribution in [0, 0.1) is 0 Å². The summed E-state index contributed by atoms with van der Waals surface area (Å²) >= 11 is 1.79. The third-order valence-corrected chi connectivity index (χ3v) is 4.24. The fraction of sp³-hybridized carbons (Fsp3) is 0.467. The number of hydrogen-bond donors (Lipinski definition) is 0. The van der Waals surface area contributed by atoms with Crippen molar-refractivity contribution in [3.05, 3.63) is 29.8 Å². The van der Waals surface area contributed by atoms with Gasteiger partial charge < -0.3 is 9.80 Å². The highest BCUT2D eigenvalue weighted by atomic mass is 32.2. The normalized spacial score (nSPS) is 15.6. The number of nitrogens with zero attached hydrogens (tertiary/aromatic N) is 2. The van der Waals surface area contributed by atoms with E-state index in [4.69, 9.17) is 0 Å². The molecule has 0 saturated carbocycles. The SMILES string of the molecule is CC(C)Sc1ccc(C(=O)N2CCN(C=O)CC2)cc1. The van der Waals surface area contributed by atoms with Crippen LogP contribution in [-0.4, -0.2) is 53.5 Å². The van der Waals surface area contributed by atoms with Crippen molar-refractivity contribution in [3.63, 3.8) is 0 Å². The van der Waals surface area contributed by atoms with Crippen molar-refractivity contribution in [2.75, 3.05) is 26.2 Å². The van der Waals surface area contributed by atoms with E-state index in [-0.39, 0.29) is 5.91 Å². The minimum atomic E-state index is 0.0524. The van der Waals surface area contributed by atoms with E-state index in [9.17, 15) is 9.59 Å². The molecule has 0 atom stereocenters. The van der Waals surface area contributed by atoms with E-state index in [0.29, 0.717) is 31.4 Å². The maximum absolute atomic E-state index is 12.3. The van der Waals surface area contributed by atoms with Crippen LogP contribution in [0.1, 0.15) is 24.2 Å². The molecule has 5 heteroatoms. The Hall–Kier alpha value is -1.49. The van der Waals surface area contributed by atoms with Crippen molar-refractivity contribution in [2.24, 2.45) is 0 Å². The van der Waals surface area contributed by atoms with Crippen LogP contribution in [0.5, 0.6) is 0 Å². The van der Waals surface area contributed by atoms with Gasteiger partial charge in [-0.15, -0.1) is 11.8 Å². The van der Waals surface area contributed by atoms with Gasteiger partial charge in [0.15, 0.2) is 0 Å². The maximum atomic E-state index is 12.3. The molecule has 20 heavy (non-hydrogen) atoms.